The van der Waals surface area contributed by atoms with Crippen molar-refractivity contribution < 1.29 is 133 Å². The number of aliphatic hydroxyl groups is 15. The molecule has 11 rings (SSSR count). The molecule has 15 N–H and O–H groups in total. The van der Waals surface area contributed by atoms with Crippen LogP contribution in [-0.2, 0) is 56.9 Å². The zero-order chi connectivity index (χ0) is 61.5. The van der Waals surface area contributed by atoms with Gasteiger partial charge in [-0.2, -0.15) is 0 Å². The third-order valence-corrected chi connectivity index (χ3v) is 24.0. The van der Waals surface area contributed by atoms with Gasteiger partial charge < -0.3 is 133 Å². The molecule has 27 nitrogen and oxygen atoms in total. The van der Waals surface area contributed by atoms with Crippen molar-refractivity contribution in [3.05, 3.63) is 0 Å². The molecule has 0 unspecified atom stereocenters. The lowest BCUT2D eigenvalue weighted by Crippen LogP contribution is -2.74. The topological polar surface area (TPSA) is 422 Å². The smallest absolute Gasteiger partial charge is 0.187 e. The highest BCUT2D eigenvalue weighted by atomic mass is 16.8. The molecule has 2 bridgehead atoms. The minimum atomic E-state index is -2.03. The van der Waals surface area contributed by atoms with Gasteiger partial charge in [0.15, 0.2) is 31.5 Å². The van der Waals surface area contributed by atoms with Gasteiger partial charge in [-0.3, -0.25) is 0 Å². The first-order valence-electron chi connectivity index (χ1n) is 30.6. The van der Waals surface area contributed by atoms with E-state index in [0.29, 0.717) is 25.9 Å². The van der Waals surface area contributed by atoms with E-state index in [2.05, 4.69) is 34.6 Å². The number of aldehydes is 1. The van der Waals surface area contributed by atoms with Crippen molar-refractivity contribution in [1.82, 2.24) is 0 Å². The summed E-state index contributed by atoms with van der Waals surface area (Å²) in [6, 6.07) is 0. The third kappa shape index (κ3) is 10.3. The van der Waals surface area contributed by atoms with Crippen molar-refractivity contribution in [2.45, 2.75) is 265 Å². The number of hydrogen-bond donors (Lipinski definition) is 15. The first-order valence-corrected chi connectivity index (χ1v) is 30.6. The Balaban J connectivity index is 0.849. The van der Waals surface area contributed by atoms with Gasteiger partial charge in [0.25, 0.3) is 0 Å². The first-order chi connectivity index (χ1) is 40.0. The zero-order valence-corrected chi connectivity index (χ0v) is 49.2. The second-order valence-corrected chi connectivity index (χ2v) is 28.7. The molecule has 0 aromatic rings. The van der Waals surface area contributed by atoms with Crippen LogP contribution in [0.1, 0.15) is 106 Å². The molecule has 6 heterocycles. The molecular formula is C58H94O27. The van der Waals surface area contributed by atoms with Gasteiger partial charge in [0.1, 0.15) is 116 Å². The second-order valence-electron chi connectivity index (χ2n) is 28.7. The number of carbonyl (C=O) groups is 1. The summed E-state index contributed by atoms with van der Waals surface area (Å²) in [5.41, 5.74) is -2.85. The maximum atomic E-state index is 12.6. The number of fused-ring (bicyclic) bond motifs is 4. The lowest BCUT2D eigenvalue weighted by Gasteiger charge is -2.75. The number of rotatable bonds is 14. The summed E-state index contributed by atoms with van der Waals surface area (Å²) in [6.45, 7) is 10.6. The summed E-state index contributed by atoms with van der Waals surface area (Å²) in [6.07, 6.45) is -33.0. The molecule has 0 radical (unpaired) electrons. The van der Waals surface area contributed by atoms with E-state index in [1.165, 1.54) is 0 Å². The molecule has 11 aliphatic rings. The Morgan fingerprint density at radius 2 is 1.09 bits per heavy atom. The van der Waals surface area contributed by atoms with Crippen LogP contribution in [-0.4, -0.2) is 282 Å². The average Bonchev–Trinajstić information content (AvgIpc) is 1.63. The summed E-state index contributed by atoms with van der Waals surface area (Å²) >= 11 is 0. The zero-order valence-electron chi connectivity index (χ0n) is 49.2. The van der Waals surface area contributed by atoms with Gasteiger partial charge in [-0.1, -0.05) is 41.5 Å². The average molecular weight is 1220 g/mol. The Bertz CT molecular complexity index is 2340. The van der Waals surface area contributed by atoms with Crippen molar-refractivity contribution in [2.75, 3.05) is 39.6 Å². The van der Waals surface area contributed by atoms with Gasteiger partial charge in [0.2, 0.25) is 0 Å². The maximum Gasteiger partial charge on any atom is 0.187 e. The molecule has 5 aliphatic carbocycles. The molecule has 27 heteroatoms. The van der Waals surface area contributed by atoms with Gasteiger partial charge in [0, 0.05) is 16.2 Å². The molecule has 488 valence electrons. The van der Waals surface area contributed by atoms with Crippen molar-refractivity contribution in [3.8, 4) is 0 Å². The predicted molar refractivity (Wildman–Crippen MR) is 283 cm³/mol. The molecular weight excluding hydrogens is 1130 g/mol. The van der Waals surface area contributed by atoms with E-state index < -0.39 is 208 Å². The normalized spacial score (nSPS) is 57.6. The van der Waals surface area contributed by atoms with Gasteiger partial charge in [-0.15, -0.1) is 0 Å². The Labute approximate surface area is 493 Å². The molecule has 6 saturated heterocycles. The van der Waals surface area contributed by atoms with Crippen LogP contribution >= 0.6 is 0 Å². The SMILES string of the molecule is CC1(C)[C@@H](O[C@H]2OC[C@H](O[C@@H]3O[C@H](CO[C@@H]4O[C@H](CO)[C@@H](O)[C@H](O)[C@H]4O)[C@@H](O)[C@H](O)[C@H]3O[C@@H]3OC[C@@H](O)[C@H](O)[C@H]3O)[C@H](O)[C@H]2O[C@@H]2O[C@H](CO)[C@@H](O)[C@H](O)[C@H]2O)CC[C@]2(C)[C@H]3CC[C@]45OC[C@@]6(CC[C@](C)(C=O)C[C@H]64)[C@H](O)C[C@@]5(C)[C@]3(C)CC[C@@H]12. The van der Waals surface area contributed by atoms with Gasteiger partial charge in [-0.05, 0) is 98.2 Å². The van der Waals surface area contributed by atoms with Gasteiger partial charge in [0.05, 0.1) is 57.5 Å². The maximum absolute atomic E-state index is 12.6. The van der Waals surface area contributed by atoms with E-state index in [4.69, 9.17) is 52.1 Å². The fourth-order valence-electron chi connectivity index (χ4n) is 18.8. The number of ether oxygens (including phenoxy) is 11. The summed E-state index contributed by atoms with van der Waals surface area (Å²) in [7, 11) is 0. The van der Waals surface area contributed by atoms with Crippen LogP contribution in [0.25, 0.3) is 0 Å². The van der Waals surface area contributed by atoms with Crippen LogP contribution in [0.2, 0.25) is 0 Å². The summed E-state index contributed by atoms with van der Waals surface area (Å²) < 4.78 is 67.8. The Morgan fingerprint density at radius 3 is 1.76 bits per heavy atom. The quantitative estimate of drug-likeness (QED) is 0.0581. The van der Waals surface area contributed by atoms with E-state index in [0.717, 1.165) is 51.2 Å². The highest BCUT2D eigenvalue weighted by Gasteiger charge is 2.80. The molecule has 11 fully saturated rings. The molecule has 0 aromatic heterocycles. The standard InChI is InChI=1S/C58H94O27/c1-52(2)29-7-11-55(5)30(8-12-58-31-15-53(3,22-61)13-14-57(31,23-78-58)32(63)16-56(55,58)6)54(29,4)10-9-33(52)83-50-45(85-49-44(74)40(70)36(66)26(18-60)80-49)38(68)28(21-77-50)82-51-46(84-48-42(72)34(64)24(62)19-75-48)41(71)37(67)27(81-51)20-76-47-43(73)39(69)35(65)25(17-59)79-47/h22,24-51,59-60,62-74H,7-21,23H2,1-6H3/t24-,25-,26-,27-,28+,29+,30-,31-,32-,33+,34+,35-,36-,37-,38+,39+,40+,41+,42-,43-,44-,45-,46-,47-,48+,49+,50-,51+,53+,54+,55-,56+,57-,58+/m1/s1. The summed E-state index contributed by atoms with van der Waals surface area (Å²) in [4.78, 5) is 12.6. The first kappa shape index (κ1) is 65.1. The highest BCUT2D eigenvalue weighted by Crippen LogP contribution is 2.80. The van der Waals surface area contributed by atoms with Crippen LogP contribution in [0.15, 0.2) is 0 Å². The molecule has 1 spiro atoms. The van der Waals surface area contributed by atoms with E-state index >= 15 is 0 Å². The minimum absolute atomic E-state index is 0.0423. The van der Waals surface area contributed by atoms with Crippen LogP contribution < -0.4 is 0 Å². The van der Waals surface area contributed by atoms with Crippen LogP contribution in [0.5, 0.6) is 0 Å². The van der Waals surface area contributed by atoms with Crippen molar-refractivity contribution in [2.24, 2.45) is 50.2 Å². The van der Waals surface area contributed by atoms with Gasteiger partial charge >= 0.3 is 0 Å². The summed E-state index contributed by atoms with van der Waals surface area (Å²) in [5, 5.41) is 164. The fraction of sp³-hybridized carbons (Fsp3) is 0.983. The van der Waals surface area contributed by atoms with Crippen LogP contribution in [0, 0.1) is 50.2 Å². The van der Waals surface area contributed by atoms with E-state index in [-0.39, 0.29) is 34.0 Å². The molecule has 6 aliphatic heterocycles. The monoisotopic (exact) mass is 1220 g/mol. The third-order valence-electron chi connectivity index (χ3n) is 24.0. The Morgan fingerprint density at radius 1 is 0.506 bits per heavy atom. The van der Waals surface area contributed by atoms with Crippen molar-refractivity contribution >= 4 is 6.29 Å². The lowest BCUT2D eigenvalue weighted by molar-refractivity contribution is -0.394. The van der Waals surface area contributed by atoms with Crippen LogP contribution in [0.4, 0.5) is 0 Å². The van der Waals surface area contributed by atoms with Crippen molar-refractivity contribution in [1.29, 1.82) is 0 Å². The number of hydrogen-bond acceptors (Lipinski definition) is 27. The number of aliphatic hydroxyl groups excluding tert-OH is 15. The Hall–Kier alpha value is -1.37. The van der Waals surface area contributed by atoms with E-state index in [1.54, 1.807) is 0 Å². The lowest BCUT2D eigenvalue weighted by atomic mass is 9.30. The molecule has 0 amide bonds. The molecule has 34 atom stereocenters. The largest absolute Gasteiger partial charge is 0.394 e. The number of carbonyl (C=O) groups excluding carboxylic acids is 1. The molecule has 0 aromatic carbocycles. The van der Waals surface area contributed by atoms with Crippen LogP contribution in [0.3, 0.4) is 0 Å². The van der Waals surface area contributed by atoms with E-state index in [9.17, 15) is 81.4 Å². The summed E-state index contributed by atoms with van der Waals surface area (Å²) in [5.74, 6) is 0.330. The molecule has 5 saturated carbocycles. The van der Waals surface area contributed by atoms with Crippen molar-refractivity contribution in [3.63, 3.8) is 0 Å². The predicted octanol–water partition coefficient (Wildman–Crippen LogP) is -4.07. The van der Waals surface area contributed by atoms with E-state index in [1.807, 2.05) is 6.92 Å². The Kier molecular flexibility index (Phi) is 18.1. The van der Waals surface area contributed by atoms with Gasteiger partial charge in [-0.25, -0.2) is 0 Å². The minimum Gasteiger partial charge on any atom is -0.394 e. The second kappa shape index (κ2) is 23.6. The molecule has 85 heavy (non-hydrogen) atoms. The fourth-order valence-corrected chi connectivity index (χ4v) is 18.8. The highest BCUT2D eigenvalue weighted by molar-refractivity contribution is 5.59.